The highest BCUT2D eigenvalue weighted by Crippen LogP contribution is 2.30. The van der Waals surface area contributed by atoms with Crippen LogP contribution in [-0.2, 0) is 5.60 Å². The van der Waals surface area contributed by atoms with Crippen LogP contribution in [0.3, 0.4) is 0 Å². The van der Waals surface area contributed by atoms with Gasteiger partial charge in [0.1, 0.15) is 6.54 Å². The van der Waals surface area contributed by atoms with Gasteiger partial charge in [0, 0.05) is 10.0 Å². The summed E-state index contributed by atoms with van der Waals surface area (Å²) in [7, 11) is 1.93. The Hall–Kier alpha value is -1.06. The number of likely N-dealkylation sites (N-methyl/N-ethyl adjacent to an activating group) is 1. The summed E-state index contributed by atoms with van der Waals surface area (Å²) in [5.41, 5.74) is 0.582. The van der Waals surface area contributed by atoms with E-state index < -0.39 is 5.60 Å². The Balaban J connectivity index is 2.47. The first kappa shape index (κ1) is 14.4. The largest absolute Gasteiger partial charge is 0.375 e. The van der Waals surface area contributed by atoms with Crippen LogP contribution in [0.2, 0.25) is 10.0 Å². The van der Waals surface area contributed by atoms with Crippen LogP contribution in [0.15, 0.2) is 48.5 Å². The number of hydrogen-bond acceptors (Lipinski definition) is 1. The topological polar surface area (TPSA) is 36.8 Å². The number of rotatable bonds is 4. The van der Waals surface area contributed by atoms with Crippen molar-refractivity contribution in [1.82, 2.24) is 0 Å². The van der Waals surface area contributed by atoms with Crippen LogP contribution in [0.5, 0.6) is 0 Å². The second-order valence-corrected chi connectivity index (χ2v) is 5.36. The summed E-state index contributed by atoms with van der Waals surface area (Å²) in [4.78, 5) is 0. The highest BCUT2D eigenvalue weighted by molar-refractivity contribution is 6.30. The Bertz CT molecular complexity index is 492. The maximum absolute atomic E-state index is 11.0. The molecule has 19 heavy (non-hydrogen) atoms. The molecule has 0 heterocycles. The molecule has 0 aromatic heterocycles. The van der Waals surface area contributed by atoms with Crippen molar-refractivity contribution in [2.45, 2.75) is 5.60 Å². The molecule has 0 fully saturated rings. The Morgan fingerprint density at radius 1 is 0.895 bits per heavy atom. The lowest BCUT2D eigenvalue weighted by atomic mass is 9.86. The van der Waals surface area contributed by atoms with E-state index in [1.165, 1.54) is 0 Å². The summed E-state index contributed by atoms with van der Waals surface area (Å²) >= 11 is 11.8. The van der Waals surface area contributed by atoms with E-state index in [2.05, 4.69) is 0 Å². The lowest BCUT2D eigenvalue weighted by molar-refractivity contribution is -0.640. The first-order chi connectivity index (χ1) is 9.06. The normalized spacial score (nSPS) is 11.6. The number of nitrogens with two attached hydrogens (primary N) is 1. The fraction of sp³-hybridized carbons (Fsp3) is 0.200. The monoisotopic (exact) mass is 296 g/mol. The van der Waals surface area contributed by atoms with Gasteiger partial charge in [0.2, 0.25) is 0 Å². The minimum absolute atomic E-state index is 0.524. The quantitative estimate of drug-likeness (QED) is 0.893. The fourth-order valence-corrected chi connectivity index (χ4v) is 2.40. The molecule has 4 heteroatoms. The Morgan fingerprint density at radius 2 is 1.26 bits per heavy atom. The molecule has 0 atom stereocenters. The van der Waals surface area contributed by atoms with Crippen LogP contribution in [-0.4, -0.2) is 18.7 Å². The smallest absolute Gasteiger partial charge is 0.163 e. The summed E-state index contributed by atoms with van der Waals surface area (Å²) in [6.45, 7) is 0.524. The highest BCUT2D eigenvalue weighted by atomic mass is 35.5. The maximum atomic E-state index is 11.0. The van der Waals surface area contributed by atoms with E-state index in [9.17, 15) is 5.11 Å². The van der Waals surface area contributed by atoms with Crippen LogP contribution in [0, 0.1) is 0 Å². The van der Waals surface area contributed by atoms with E-state index in [-0.39, 0.29) is 0 Å². The van der Waals surface area contributed by atoms with Crippen LogP contribution in [0.1, 0.15) is 11.1 Å². The molecule has 0 amide bonds. The summed E-state index contributed by atoms with van der Waals surface area (Å²) in [5.74, 6) is 0. The third-order valence-corrected chi connectivity index (χ3v) is 3.65. The Kier molecular flexibility index (Phi) is 4.48. The minimum Gasteiger partial charge on any atom is -0.375 e. The molecule has 2 aromatic carbocycles. The minimum atomic E-state index is -1.05. The van der Waals surface area contributed by atoms with Crippen LogP contribution < -0.4 is 5.32 Å². The van der Waals surface area contributed by atoms with E-state index >= 15 is 0 Å². The third-order valence-electron chi connectivity index (χ3n) is 3.14. The summed E-state index contributed by atoms with van der Waals surface area (Å²) in [6, 6.07) is 14.5. The number of hydrogen-bond donors (Lipinski definition) is 2. The van der Waals surface area contributed by atoms with Gasteiger partial charge in [-0.3, -0.25) is 0 Å². The molecule has 0 aliphatic carbocycles. The zero-order valence-electron chi connectivity index (χ0n) is 10.6. The van der Waals surface area contributed by atoms with Crippen LogP contribution >= 0.6 is 23.2 Å². The van der Waals surface area contributed by atoms with Gasteiger partial charge in [-0.05, 0) is 35.4 Å². The van der Waals surface area contributed by atoms with Crippen molar-refractivity contribution in [3.63, 3.8) is 0 Å². The second kappa shape index (κ2) is 5.93. The van der Waals surface area contributed by atoms with Crippen LogP contribution in [0.4, 0.5) is 0 Å². The number of benzene rings is 2. The predicted molar refractivity (Wildman–Crippen MR) is 78.6 cm³/mol. The van der Waals surface area contributed by atoms with Crippen molar-refractivity contribution in [1.29, 1.82) is 0 Å². The van der Waals surface area contributed by atoms with E-state index in [1.54, 1.807) is 24.3 Å². The summed E-state index contributed by atoms with van der Waals surface area (Å²) < 4.78 is 0. The first-order valence-corrected chi connectivity index (χ1v) is 6.84. The second-order valence-electron chi connectivity index (χ2n) is 4.49. The van der Waals surface area contributed by atoms with Gasteiger partial charge in [-0.25, -0.2) is 0 Å². The molecule has 2 nitrogen and oxygen atoms in total. The number of aliphatic hydroxyl groups is 1. The van der Waals surface area contributed by atoms with Gasteiger partial charge >= 0.3 is 0 Å². The van der Waals surface area contributed by atoms with Gasteiger partial charge in [0.15, 0.2) is 5.60 Å². The van der Waals surface area contributed by atoms with Crippen LogP contribution in [0.25, 0.3) is 0 Å². The van der Waals surface area contributed by atoms with E-state index in [1.807, 2.05) is 36.6 Å². The zero-order valence-corrected chi connectivity index (χ0v) is 12.1. The molecule has 0 saturated heterocycles. The van der Waals surface area contributed by atoms with Gasteiger partial charge in [0.25, 0.3) is 0 Å². The van der Waals surface area contributed by atoms with Crippen molar-refractivity contribution < 1.29 is 10.4 Å². The zero-order chi connectivity index (χ0) is 13.9. The van der Waals surface area contributed by atoms with Crippen molar-refractivity contribution in [3.8, 4) is 0 Å². The third kappa shape index (κ3) is 3.10. The average Bonchev–Trinajstić information content (AvgIpc) is 2.40. The lowest BCUT2D eigenvalue weighted by Crippen LogP contribution is -2.83. The fourth-order valence-electron chi connectivity index (χ4n) is 2.15. The molecule has 0 radical (unpaired) electrons. The molecular weight excluding hydrogens is 281 g/mol. The van der Waals surface area contributed by atoms with Crippen molar-refractivity contribution >= 4 is 23.2 Å². The van der Waals surface area contributed by atoms with E-state index in [4.69, 9.17) is 23.2 Å². The van der Waals surface area contributed by atoms with Gasteiger partial charge in [0.05, 0.1) is 7.05 Å². The molecule has 0 bridgehead atoms. The van der Waals surface area contributed by atoms with Crippen molar-refractivity contribution in [2.24, 2.45) is 0 Å². The summed E-state index contributed by atoms with van der Waals surface area (Å²) in [5, 5.41) is 14.3. The molecule has 3 N–H and O–H groups in total. The number of halogens is 2. The standard InChI is InChI=1S/C15H15Cl2NO/c1-18-10-15(19,11-2-6-13(16)7-3-11)12-4-8-14(17)9-5-12/h2-9,18-19H,10H2,1H3/p+1. The van der Waals surface area contributed by atoms with E-state index in [0.717, 1.165) is 11.1 Å². The molecule has 2 aromatic rings. The predicted octanol–water partition coefficient (Wildman–Crippen LogP) is 2.42. The van der Waals surface area contributed by atoms with Crippen molar-refractivity contribution in [3.05, 3.63) is 69.7 Å². The molecule has 0 aliphatic rings. The van der Waals surface area contributed by atoms with Gasteiger partial charge in [-0.1, -0.05) is 47.5 Å². The van der Waals surface area contributed by atoms with Crippen molar-refractivity contribution in [2.75, 3.05) is 13.6 Å². The molecular formula is C15H16Cl2NO+. The maximum Gasteiger partial charge on any atom is 0.163 e. The molecule has 0 spiro atoms. The molecule has 0 unspecified atom stereocenters. The Labute approximate surface area is 123 Å². The van der Waals surface area contributed by atoms with Gasteiger partial charge in [-0.2, -0.15) is 0 Å². The molecule has 2 rings (SSSR count). The Morgan fingerprint density at radius 3 is 1.58 bits per heavy atom. The lowest BCUT2D eigenvalue weighted by Gasteiger charge is -2.27. The van der Waals surface area contributed by atoms with E-state index in [0.29, 0.717) is 16.6 Å². The highest BCUT2D eigenvalue weighted by Gasteiger charge is 2.33. The SMILES string of the molecule is C[NH2+]CC(O)(c1ccc(Cl)cc1)c1ccc(Cl)cc1. The molecule has 100 valence electrons. The molecule has 0 aliphatic heterocycles. The van der Waals surface area contributed by atoms with Gasteiger partial charge in [-0.15, -0.1) is 0 Å². The van der Waals surface area contributed by atoms with Gasteiger partial charge < -0.3 is 10.4 Å². The number of quaternary nitrogens is 1. The average molecular weight is 297 g/mol. The summed E-state index contributed by atoms with van der Waals surface area (Å²) in [6.07, 6.45) is 0. The first-order valence-electron chi connectivity index (χ1n) is 6.08. The molecule has 0 saturated carbocycles.